The molecule has 114 valence electrons. The molecule has 0 saturated heterocycles. The van der Waals surface area contributed by atoms with E-state index in [1.807, 2.05) is 0 Å². The summed E-state index contributed by atoms with van der Waals surface area (Å²) in [4.78, 5) is 18.6. The molecular formula is C17H18FN3O. The topological polar surface area (TPSA) is 59.2 Å². The first-order chi connectivity index (χ1) is 10.7. The molecule has 1 aliphatic rings. The molecule has 1 saturated carbocycles. The predicted molar refractivity (Wildman–Crippen MR) is 81.4 cm³/mol. The molecule has 3 rings (SSSR count). The van der Waals surface area contributed by atoms with Gasteiger partial charge in [-0.25, -0.2) is 4.39 Å². The summed E-state index contributed by atoms with van der Waals surface area (Å²) >= 11 is 0. The standard InChI is InChI=1S/C17H18FN3O/c18-16-4-2-1-3-13(16)11-21(15-5-6-15)17(22)12-7-8-20-14(9-12)10-19/h1-4,7-9,15H,5-6,10-11,19H2. The molecule has 1 aromatic heterocycles. The molecule has 2 N–H and O–H groups in total. The van der Waals surface area contributed by atoms with Crippen LogP contribution in [0.5, 0.6) is 0 Å². The molecule has 1 heterocycles. The van der Waals surface area contributed by atoms with Crippen LogP contribution in [0, 0.1) is 5.82 Å². The highest BCUT2D eigenvalue weighted by molar-refractivity contribution is 5.94. The molecular weight excluding hydrogens is 281 g/mol. The summed E-state index contributed by atoms with van der Waals surface area (Å²) in [5.41, 5.74) is 7.34. The zero-order chi connectivity index (χ0) is 15.5. The van der Waals surface area contributed by atoms with Crippen LogP contribution in [0.15, 0.2) is 42.6 Å². The Morgan fingerprint density at radius 3 is 2.77 bits per heavy atom. The third-order valence-electron chi connectivity index (χ3n) is 3.82. The van der Waals surface area contributed by atoms with E-state index < -0.39 is 0 Å². The molecule has 0 aliphatic heterocycles. The van der Waals surface area contributed by atoms with Crippen molar-refractivity contribution in [2.24, 2.45) is 5.73 Å². The number of halogens is 1. The van der Waals surface area contributed by atoms with Gasteiger partial charge in [0, 0.05) is 36.5 Å². The Morgan fingerprint density at radius 2 is 2.09 bits per heavy atom. The Labute approximate surface area is 128 Å². The lowest BCUT2D eigenvalue weighted by Gasteiger charge is -2.23. The molecule has 0 spiro atoms. The first kappa shape index (κ1) is 14.7. The quantitative estimate of drug-likeness (QED) is 0.922. The van der Waals surface area contributed by atoms with Crippen molar-refractivity contribution in [2.75, 3.05) is 0 Å². The second-order valence-corrected chi connectivity index (χ2v) is 5.50. The molecule has 0 atom stereocenters. The summed E-state index contributed by atoms with van der Waals surface area (Å²) < 4.78 is 13.9. The minimum absolute atomic E-state index is 0.0946. The molecule has 0 unspecified atom stereocenters. The van der Waals surface area contributed by atoms with E-state index in [-0.39, 0.29) is 30.9 Å². The summed E-state index contributed by atoms with van der Waals surface area (Å²) in [5, 5.41) is 0. The number of carbonyl (C=O) groups is 1. The average Bonchev–Trinajstić information content (AvgIpc) is 3.38. The molecule has 0 radical (unpaired) electrons. The maximum atomic E-state index is 13.9. The number of nitrogens with two attached hydrogens (primary N) is 1. The SMILES string of the molecule is NCc1cc(C(=O)N(Cc2ccccc2F)C2CC2)ccn1. The van der Waals surface area contributed by atoms with E-state index in [2.05, 4.69) is 4.98 Å². The Bertz CT molecular complexity index is 685. The van der Waals surface area contributed by atoms with Crippen LogP contribution in [0.3, 0.4) is 0 Å². The van der Waals surface area contributed by atoms with Gasteiger partial charge in [0.1, 0.15) is 5.82 Å². The van der Waals surface area contributed by atoms with E-state index >= 15 is 0 Å². The fraction of sp³-hybridized carbons (Fsp3) is 0.294. The lowest BCUT2D eigenvalue weighted by atomic mass is 10.1. The zero-order valence-electron chi connectivity index (χ0n) is 12.2. The van der Waals surface area contributed by atoms with Crippen LogP contribution < -0.4 is 5.73 Å². The van der Waals surface area contributed by atoms with E-state index in [1.165, 1.54) is 6.07 Å². The van der Waals surface area contributed by atoms with Gasteiger partial charge >= 0.3 is 0 Å². The third-order valence-corrected chi connectivity index (χ3v) is 3.82. The fourth-order valence-electron chi connectivity index (χ4n) is 2.45. The number of nitrogens with zero attached hydrogens (tertiary/aromatic N) is 2. The van der Waals surface area contributed by atoms with E-state index in [0.29, 0.717) is 16.8 Å². The van der Waals surface area contributed by atoms with Crippen molar-refractivity contribution in [1.29, 1.82) is 0 Å². The summed E-state index contributed by atoms with van der Waals surface area (Å²) in [6.45, 7) is 0.578. The molecule has 2 aromatic rings. The van der Waals surface area contributed by atoms with E-state index in [9.17, 15) is 9.18 Å². The van der Waals surface area contributed by atoms with Gasteiger partial charge in [0.05, 0.1) is 5.69 Å². The largest absolute Gasteiger partial charge is 0.331 e. The van der Waals surface area contributed by atoms with Gasteiger partial charge in [-0.1, -0.05) is 18.2 Å². The molecule has 1 amide bonds. The summed E-state index contributed by atoms with van der Waals surface area (Å²) in [5.74, 6) is -0.374. The molecule has 1 fully saturated rings. The Kier molecular flexibility index (Phi) is 4.15. The molecule has 1 aromatic carbocycles. The minimum Gasteiger partial charge on any atom is -0.331 e. The first-order valence-electron chi connectivity index (χ1n) is 7.38. The van der Waals surface area contributed by atoms with Crippen LogP contribution in [0.2, 0.25) is 0 Å². The van der Waals surface area contributed by atoms with E-state index in [4.69, 9.17) is 5.73 Å². The summed E-state index contributed by atoms with van der Waals surface area (Å²) in [6.07, 6.45) is 3.52. The average molecular weight is 299 g/mol. The number of carbonyl (C=O) groups excluding carboxylic acids is 1. The normalized spacial score (nSPS) is 13.9. The lowest BCUT2D eigenvalue weighted by Crippen LogP contribution is -2.33. The van der Waals surface area contributed by atoms with Gasteiger partial charge in [-0.3, -0.25) is 9.78 Å². The number of aromatic nitrogens is 1. The van der Waals surface area contributed by atoms with Gasteiger partial charge in [0.2, 0.25) is 0 Å². The predicted octanol–water partition coefficient (Wildman–Crippen LogP) is 2.48. The minimum atomic E-state index is -0.279. The monoisotopic (exact) mass is 299 g/mol. The van der Waals surface area contributed by atoms with Crippen molar-refractivity contribution in [3.05, 3.63) is 65.2 Å². The van der Waals surface area contributed by atoms with Crippen LogP contribution in [0.25, 0.3) is 0 Å². The summed E-state index contributed by atoms with van der Waals surface area (Å²) in [7, 11) is 0. The second kappa shape index (κ2) is 6.23. The number of benzene rings is 1. The highest BCUT2D eigenvalue weighted by atomic mass is 19.1. The lowest BCUT2D eigenvalue weighted by molar-refractivity contribution is 0.0728. The molecule has 1 aliphatic carbocycles. The first-order valence-corrected chi connectivity index (χ1v) is 7.38. The van der Waals surface area contributed by atoms with Gasteiger partial charge in [0.15, 0.2) is 0 Å². The van der Waals surface area contributed by atoms with Crippen LogP contribution in [-0.2, 0) is 13.1 Å². The molecule has 22 heavy (non-hydrogen) atoms. The number of hydrogen-bond acceptors (Lipinski definition) is 3. The number of hydrogen-bond donors (Lipinski definition) is 1. The molecule has 5 heteroatoms. The highest BCUT2D eigenvalue weighted by Gasteiger charge is 2.33. The van der Waals surface area contributed by atoms with Crippen LogP contribution >= 0.6 is 0 Å². The Hall–Kier alpha value is -2.27. The zero-order valence-corrected chi connectivity index (χ0v) is 12.2. The van der Waals surface area contributed by atoms with E-state index in [1.54, 1.807) is 41.4 Å². The van der Waals surface area contributed by atoms with Gasteiger partial charge in [-0.2, -0.15) is 0 Å². The third kappa shape index (κ3) is 3.14. The van der Waals surface area contributed by atoms with Crippen LogP contribution in [0.1, 0.15) is 34.5 Å². The Morgan fingerprint density at radius 1 is 1.32 bits per heavy atom. The van der Waals surface area contributed by atoms with Crippen LogP contribution in [-0.4, -0.2) is 21.8 Å². The van der Waals surface area contributed by atoms with Gasteiger partial charge in [-0.15, -0.1) is 0 Å². The number of rotatable bonds is 5. The van der Waals surface area contributed by atoms with Crippen molar-refractivity contribution >= 4 is 5.91 Å². The molecule has 4 nitrogen and oxygen atoms in total. The van der Waals surface area contributed by atoms with Crippen molar-refractivity contribution < 1.29 is 9.18 Å². The van der Waals surface area contributed by atoms with E-state index in [0.717, 1.165) is 12.8 Å². The van der Waals surface area contributed by atoms with Crippen molar-refractivity contribution in [1.82, 2.24) is 9.88 Å². The number of amides is 1. The second-order valence-electron chi connectivity index (χ2n) is 5.50. The van der Waals surface area contributed by atoms with Crippen molar-refractivity contribution in [2.45, 2.75) is 32.0 Å². The van der Waals surface area contributed by atoms with Gasteiger partial charge in [-0.05, 0) is 31.0 Å². The number of pyridine rings is 1. The van der Waals surface area contributed by atoms with Crippen molar-refractivity contribution in [3.63, 3.8) is 0 Å². The van der Waals surface area contributed by atoms with Crippen LogP contribution in [0.4, 0.5) is 4.39 Å². The summed E-state index contributed by atoms with van der Waals surface area (Å²) in [6, 6.07) is 10.2. The smallest absolute Gasteiger partial charge is 0.254 e. The Balaban J connectivity index is 1.84. The van der Waals surface area contributed by atoms with Gasteiger partial charge < -0.3 is 10.6 Å². The highest BCUT2D eigenvalue weighted by Crippen LogP contribution is 2.30. The maximum Gasteiger partial charge on any atom is 0.254 e. The van der Waals surface area contributed by atoms with Gasteiger partial charge in [0.25, 0.3) is 5.91 Å². The van der Waals surface area contributed by atoms with Crippen molar-refractivity contribution in [3.8, 4) is 0 Å². The maximum absolute atomic E-state index is 13.9. The fourth-order valence-corrected chi connectivity index (χ4v) is 2.45. The molecule has 0 bridgehead atoms.